The Morgan fingerprint density at radius 1 is 1.14 bits per heavy atom. The molecule has 5 nitrogen and oxygen atoms in total. The van der Waals surface area contributed by atoms with Crippen LogP contribution < -0.4 is 4.74 Å². The Labute approximate surface area is 129 Å². The Morgan fingerprint density at radius 2 is 1.86 bits per heavy atom. The minimum Gasteiger partial charge on any atom is -0.482 e. The molecule has 0 unspecified atom stereocenters. The van der Waals surface area contributed by atoms with E-state index >= 15 is 0 Å². The second-order valence-corrected chi connectivity index (χ2v) is 4.80. The highest BCUT2D eigenvalue weighted by molar-refractivity contribution is 9.09. The molecule has 0 aromatic heterocycles. The van der Waals surface area contributed by atoms with Gasteiger partial charge in [0.25, 0.3) is 0 Å². The Balaban J connectivity index is 2.30. The van der Waals surface area contributed by atoms with E-state index in [2.05, 4.69) is 15.9 Å². The van der Waals surface area contributed by atoms with E-state index in [0.717, 1.165) is 5.56 Å². The molecule has 2 aromatic rings. The quantitative estimate of drug-likeness (QED) is 0.344. The van der Waals surface area contributed by atoms with Gasteiger partial charge in [-0.1, -0.05) is 52.3 Å². The summed E-state index contributed by atoms with van der Waals surface area (Å²) in [6, 6.07) is 13.8. The molecular weight excluding hydrogens is 338 g/mol. The lowest BCUT2D eigenvalue weighted by atomic mass is 10.1. The van der Waals surface area contributed by atoms with Crippen LogP contribution in [0.4, 0.5) is 5.69 Å². The molecule has 2 aromatic carbocycles. The number of rotatable bonds is 6. The van der Waals surface area contributed by atoms with Crippen LogP contribution in [0.25, 0.3) is 0 Å². The average molecular weight is 350 g/mol. The summed E-state index contributed by atoms with van der Waals surface area (Å²) in [4.78, 5) is 22.4. The first-order valence-electron chi connectivity index (χ1n) is 6.16. The van der Waals surface area contributed by atoms with Crippen molar-refractivity contribution in [2.45, 2.75) is 6.61 Å². The first-order valence-corrected chi connectivity index (χ1v) is 7.29. The number of halogens is 1. The minimum atomic E-state index is -0.587. The number of alkyl halides is 1. The third-order valence-electron chi connectivity index (χ3n) is 2.84. The molecule has 0 fully saturated rings. The Morgan fingerprint density at radius 3 is 2.48 bits per heavy atom. The third kappa shape index (κ3) is 3.66. The molecule has 0 saturated heterocycles. The van der Waals surface area contributed by atoms with Crippen LogP contribution in [0, 0.1) is 10.1 Å². The lowest BCUT2D eigenvalue weighted by Gasteiger charge is -2.09. The number of carbonyl (C=O) groups is 1. The molecule has 0 bridgehead atoms. The van der Waals surface area contributed by atoms with Crippen LogP contribution in [0.1, 0.15) is 15.9 Å². The molecule has 21 heavy (non-hydrogen) atoms. The fraction of sp³-hybridized carbons (Fsp3) is 0.133. The maximum atomic E-state index is 11.8. The molecule has 0 heterocycles. The van der Waals surface area contributed by atoms with Crippen molar-refractivity contribution in [3.8, 4) is 5.75 Å². The fourth-order valence-electron chi connectivity index (χ4n) is 1.86. The summed E-state index contributed by atoms with van der Waals surface area (Å²) >= 11 is 3.02. The van der Waals surface area contributed by atoms with Crippen LogP contribution in [-0.4, -0.2) is 16.0 Å². The number of benzene rings is 2. The van der Waals surface area contributed by atoms with Gasteiger partial charge >= 0.3 is 5.69 Å². The van der Waals surface area contributed by atoms with E-state index in [1.54, 1.807) is 6.07 Å². The fourth-order valence-corrected chi connectivity index (χ4v) is 2.16. The van der Waals surface area contributed by atoms with Gasteiger partial charge in [0.05, 0.1) is 10.3 Å². The average Bonchev–Trinajstić information content (AvgIpc) is 2.52. The predicted octanol–water partition coefficient (Wildman–Crippen LogP) is 3.75. The van der Waals surface area contributed by atoms with Gasteiger partial charge in [0.1, 0.15) is 12.2 Å². The van der Waals surface area contributed by atoms with Gasteiger partial charge in [0.2, 0.25) is 0 Å². The standard InChI is InChI=1S/C15H12BrNO4/c16-9-13(18)12-7-4-8-14(15(12)17(19)20)21-10-11-5-2-1-3-6-11/h1-8H,9-10H2. The Hall–Kier alpha value is -2.21. The van der Waals surface area contributed by atoms with Gasteiger partial charge in [-0.3, -0.25) is 14.9 Å². The number of nitrogens with zero attached hydrogens (tertiary/aromatic N) is 1. The highest BCUT2D eigenvalue weighted by atomic mass is 79.9. The molecule has 0 amide bonds. The number of ketones is 1. The van der Waals surface area contributed by atoms with Crippen LogP contribution in [0.15, 0.2) is 48.5 Å². The number of nitro groups is 1. The lowest BCUT2D eigenvalue weighted by molar-refractivity contribution is -0.386. The molecular formula is C15H12BrNO4. The highest BCUT2D eigenvalue weighted by Gasteiger charge is 2.24. The van der Waals surface area contributed by atoms with Crippen LogP contribution in [0.3, 0.4) is 0 Å². The largest absolute Gasteiger partial charge is 0.482 e. The molecule has 0 spiro atoms. The Kier molecular flexibility index (Phi) is 5.05. The molecule has 0 aliphatic rings. The molecule has 2 rings (SSSR count). The topological polar surface area (TPSA) is 69.4 Å². The van der Waals surface area contributed by atoms with Crippen molar-refractivity contribution in [1.29, 1.82) is 0 Å². The summed E-state index contributed by atoms with van der Waals surface area (Å²) < 4.78 is 5.51. The molecule has 0 atom stereocenters. The normalized spacial score (nSPS) is 10.1. The van der Waals surface area contributed by atoms with Gasteiger partial charge in [0, 0.05) is 0 Å². The molecule has 0 radical (unpaired) electrons. The molecule has 0 aliphatic carbocycles. The molecule has 0 aliphatic heterocycles. The first-order chi connectivity index (χ1) is 10.1. The summed E-state index contributed by atoms with van der Waals surface area (Å²) in [5.74, 6) is -0.262. The second-order valence-electron chi connectivity index (χ2n) is 4.24. The molecule has 0 N–H and O–H groups in total. The van der Waals surface area contributed by atoms with E-state index in [-0.39, 0.29) is 34.7 Å². The van der Waals surface area contributed by atoms with Crippen molar-refractivity contribution in [1.82, 2.24) is 0 Å². The van der Waals surface area contributed by atoms with E-state index in [9.17, 15) is 14.9 Å². The lowest BCUT2D eigenvalue weighted by Crippen LogP contribution is -2.07. The van der Waals surface area contributed by atoms with Crippen molar-refractivity contribution in [3.63, 3.8) is 0 Å². The Bertz CT molecular complexity index is 658. The van der Waals surface area contributed by atoms with Gasteiger partial charge in [-0.2, -0.15) is 0 Å². The van der Waals surface area contributed by atoms with Gasteiger partial charge in [-0.25, -0.2) is 0 Å². The number of carbonyl (C=O) groups excluding carboxylic acids is 1. The van der Waals surface area contributed by atoms with E-state index in [4.69, 9.17) is 4.74 Å². The van der Waals surface area contributed by atoms with Crippen LogP contribution in [0.5, 0.6) is 5.75 Å². The summed E-state index contributed by atoms with van der Waals surface area (Å²) in [6.45, 7) is 0.202. The SMILES string of the molecule is O=C(CBr)c1cccc(OCc2ccccc2)c1[N+](=O)[O-]. The van der Waals surface area contributed by atoms with Crippen molar-refractivity contribution in [2.75, 3.05) is 5.33 Å². The highest BCUT2D eigenvalue weighted by Crippen LogP contribution is 2.32. The van der Waals surface area contributed by atoms with Crippen molar-refractivity contribution in [3.05, 3.63) is 69.8 Å². The van der Waals surface area contributed by atoms with E-state index in [1.165, 1.54) is 12.1 Å². The van der Waals surface area contributed by atoms with Crippen LogP contribution in [0.2, 0.25) is 0 Å². The maximum absolute atomic E-state index is 11.8. The zero-order chi connectivity index (χ0) is 15.2. The summed E-state index contributed by atoms with van der Waals surface area (Å²) in [7, 11) is 0. The number of Topliss-reactive ketones (excluding diaryl/α,β-unsaturated/α-hetero) is 1. The van der Waals surface area contributed by atoms with Crippen molar-refractivity contribution >= 4 is 27.4 Å². The van der Waals surface area contributed by atoms with Crippen LogP contribution >= 0.6 is 15.9 Å². The molecule has 6 heteroatoms. The molecule has 108 valence electrons. The van der Waals surface area contributed by atoms with Crippen molar-refractivity contribution in [2.24, 2.45) is 0 Å². The minimum absolute atomic E-state index is 0.0238. The van der Waals surface area contributed by atoms with Gasteiger partial charge < -0.3 is 4.74 Å². The van der Waals surface area contributed by atoms with E-state index < -0.39 is 4.92 Å². The second kappa shape index (κ2) is 6.99. The first kappa shape index (κ1) is 15.2. The van der Waals surface area contributed by atoms with E-state index in [1.807, 2.05) is 30.3 Å². The zero-order valence-corrected chi connectivity index (χ0v) is 12.6. The number of para-hydroxylation sites is 1. The number of hydrogen-bond donors (Lipinski definition) is 0. The number of nitro benzene ring substituents is 1. The van der Waals surface area contributed by atoms with Gasteiger partial charge in [-0.15, -0.1) is 0 Å². The zero-order valence-electron chi connectivity index (χ0n) is 11.0. The maximum Gasteiger partial charge on any atom is 0.321 e. The predicted molar refractivity (Wildman–Crippen MR) is 82.0 cm³/mol. The number of ether oxygens (including phenoxy) is 1. The molecule has 0 saturated carbocycles. The van der Waals surface area contributed by atoms with Gasteiger partial charge in [-0.05, 0) is 17.7 Å². The van der Waals surface area contributed by atoms with Crippen LogP contribution in [-0.2, 0) is 6.61 Å². The summed E-state index contributed by atoms with van der Waals surface area (Å²) in [5, 5.41) is 11.3. The monoisotopic (exact) mass is 349 g/mol. The summed E-state index contributed by atoms with van der Waals surface area (Å²) in [5.41, 5.74) is 0.643. The number of hydrogen-bond acceptors (Lipinski definition) is 4. The van der Waals surface area contributed by atoms with Gasteiger partial charge in [0.15, 0.2) is 11.5 Å². The smallest absolute Gasteiger partial charge is 0.321 e. The third-order valence-corrected chi connectivity index (χ3v) is 3.35. The van der Waals surface area contributed by atoms with Crippen molar-refractivity contribution < 1.29 is 14.5 Å². The summed E-state index contributed by atoms with van der Waals surface area (Å²) in [6.07, 6.45) is 0. The van der Waals surface area contributed by atoms with E-state index in [0.29, 0.717) is 0 Å².